The van der Waals surface area contributed by atoms with E-state index in [-0.39, 0.29) is 0 Å². The lowest BCUT2D eigenvalue weighted by molar-refractivity contribution is 0.399. The van der Waals surface area contributed by atoms with Crippen LogP contribution in [0.5, 0.6) is 0 Å². The second-order valence-corrected chi connectivity index (χ2v) is 2.31. The van der Waals surface area contributed by atoms with Crippen LogP contribution in [-0.2, 0) is 0 Å². The van der Waals surface area contributed by atoms with Crippen molar-refractivity contribution in [1.82, 2.24) is 0 Å². The predicted molar refractivity (Wildman–Crippen MR) is 95.1 cm³/mol. The van der Waals surface area contributed by atoms with Gasteiger partial charge < -0.3 is 5.11 Å². The Morgan fingerprint density at radius 3 is 0.400 bits per heavy atom. The van der Waals surface area contributed by atoms with E-state index in [1.54, 1.807) is 0 Å². The molecule has 1 N–H and O–H groups in total. The van der Waals surface area contributed by atoms with Gasteiger partial charge in [0.05, 0.1) is 0 Å². The van der Waals surface area contributed by atoms with Crippen LogP contribution in [-0.4, -0.2) is 12.2 Å². The van der Waals surface area contributed by atoms with Gasteiger partial charge in [-0.2, -0.15) is 0 Å². The average molecular weight is 278 g/mol. The maximum atomic E-state index is 7.00. The first-order valence-corrected chi connectivity index (χ1v) is 7.45. The van der Waals surface area contributed by atoms with Crippen LogP contribution >= 0.6 is 0 Å². The molecule has 0 aliphatic carbocycles. The minimum Gasteiger partial charge on any atom is -0.400 e. The van der Waals surface area contributed by atoms with Gasteiger partial charge in [0, 0.05) is 7.11 Å². The summed E-state index contributed by atoms with van der Waals surface area (Å²) in [4.78, 5) is 0. The molecule has 0 aliphatic rings. The van der Waals surface area contributed by atoms with E-state index < -0.39 is 0 Å². The Morgan fingerprint density at radius 2 is 0.350 bits per heavy atom. The standard InChI is InChI=1S/2C6H6.3C2H6.CH4O/c2*1-2-4-6-5-3-1;4*1-2/h2*1-6H;3*1-2H3;2H,1H3. The highest BCUT2D eigenvalue weighted by molar-refractivity contribution is 4.99. The number of aliphatic hydroxyl groups excluding tert-OH is 1. The van der Waals surface area contributed by atoms with Crippen molar-refractivity contribution < 1.29 is 5.11 Å². The van der Waals surface area contributed by atoms with Crippen LogP contribution in [0.3, 0.4) is 0 Å². The van der Waals surface area contributed by atoms with Gasteiger partial charge in [0.25, 0.3) is 0 Å². The lowest BCUT2D eigenvalue weighted by Gasteiger charge is -1.69. The van der Waals surface area contributed by atoms with Crippen LogP contribution in [0.4, 0.5) is 0 Å². The number of benzene rings is 2. The molecule has 0 amide bonds. The van der Waals surface area contributed by atoms with Crippen molar-refractivity contribution in [2.75, 3.05) is 7.11 Å². The second kappa shape index (κ2) is 43.3. The summed E-state index contributed by atoms with van der Waals surface area (Å²) in [5.74, 6) is 0. The minimum atomic E-state index is 1.00. The molecule has 0 fully saturated rings. The highest BCUT2D eigenvalue weighted by atomic mass is 16.2. The van der Waals surface area contributed by atoms with Gasteiger partial charge in [-0.25, -0.2) is 0 Å². The normalized spacial score (nSPS) is 6.00. The molecular weight excluding hydrogens is 244 g/mol. The minimum absolute atomic E-state index is 1.00. The molecule has 2 rings (SSSR count). The van der Waals surface area contributed by atoms with Gasteiger partial charge in [-0.15, -0.1) is 0 Å². The molecule has 0 aromatic heterocycles. The van der Waals surface area contributed by atoms with E-state index in [9.17, 15) is 0 Å². The van der Waals surface area contributed by atoms with Gasteiger partial charge in [-0.05, 0) is 0 Å². The molecule has 1 heteroatoms. The molecule has 2 aromatic rings. The van der Waals surface area contributed by atoms with Crippen molar-refractivity contribution in [3.05, 3.63) is 72.8 Å². The Hall–Kier alpha value is -1.60. The Labute approximate surface area is 127 Å². The number of rotatable bonds is 0. The van der Waals surface area contributed by atoms with Crippen LogP contribution in [0.15, 0.2) is 72.8 Å². The molecule has 0 saturated carbocycles. The molecule has 0 atom stereocenters. The Bertz CT molecular complexity index is 181. The Balaban J connectivity index is -0.0000000863. The van der Waals surface area contributed by atoms with Gasteiger partial charge in [0.1, 0.15) is 0 Å². The predicted octanol–water partition coefficient (Wildman–Crippen LogP) is 6.06. The molecule has 116 valence electrons. The van der Waals surface area contributed by atoms with E-state index in [0.29, 0.717) is 0 Å². The maximum Gasteiger partial charge on any atom is 0.0319 e. The summed E-state index contributed by atoms with van der Waals surface area (Å²) in [5, 5.41) is 7.00. The SMILES string of the molecule is CC.CC.CC.CO.c1ccccc1.c1ccccc1. The van der Waals surface area contributed by atoms with Gasteiger partial charge in [-0.3, -0.25) is 0 Å². The fourth-order valence-electron chi connectivity index (χ4n) is 0.770. The van der Waals surface area contributed by atoms with E-state index in [2.05, 4.69) is 0 Å². The van der Waals surface area contributed by atoms with Crippen molar-refractivity contribution in [1.29, 1.82) is 0 Å². The van der Waals surface area contributed by atoms with Crippen molar-refractivity contribution in [2.24, 2.45) is 0 Å². The van der Waals surface area contributed by atoms with E-state index in [0.717, 1.165) is 7.11 Å². The van der Waals surface area contributed by atoms with Crippen molar-refractivity contribution in [3.8, 4) is 0 Å². The third kappa shape index (κ3) is 36.0. The summed E-state index contributed by atoms with van der Waals surface area (Å²) < 4.78 is 0. The molecule has 2 aromatic carbocycles. The van der Waals surface area contributed by atoms with Crippen molar-refractivity contribution in [2.45, 2.75) is 41.5 Å². The summed E-state index contributed by atoms with van der Waals surface area (Å²) in [7, 11) is 1.00. The third-order valence-corrected chi connectivity index (χ3v) is 1.33. The smallest absolute Gasteiger partial charge is 0.0319 e. The quantitative estimate of drug-likeness (QED) is 0.621. The highest BCUT2D eigenvalue weighted by Gasteiger charge is 1.58. The van der Waals surface area contributed by atoms with Gasteiger partial charge >= 0.3 is 0 Å². The fraction of sp³-hybridized carbons (Fsp3) is 0.368. The Kier molecular flexibility index (Phi) is 58.1. The molecule has 0 bridgehead atoms. The molecule has 0 aliphatic heterocycles. The second-order valence-electron chi connectivity index (χ2n) is 2.31. The molecule has 0 radical (unpaired) electrons. The Morgan fingerprint density at radius 1 is 0.300 bits per heavy atom. The van der Waals surface area contributed by atoms with E-state index in [1.807, 2.05) is 114 Å². The number of hydrogen-bond acceptors (Lipinski definition) is 1. The molecule has 0 saturated heterocycles. The zero-order valence-corrected chi connectivity index (χ0v) is 14.4. The van der Waals surface area contributed by atoms with Crippen LogP contribution in [0, 0.1) is 0 Å². The lowest BCUT2D eigenvalue weighted by Crippen LogP contribution is -1.47. The molecule has 0 unspecified atom stereocenters. The van der Waals surface area contributed by atoms with Gasteiger partial charge in [-0.1, -0.05) is 114 Å². The molecular formula is C19H34O. The zero-order valence-electron chi connectivity index (χ0n) is 14.4. The summed E-state index contributed by atoms with van der Waals surface area (Å²) in [6.07, 6.45) is 0. The monoisotopic (exact) mass is 278 g/mol. The number of aliphatic hydroxyl groups is 1. The maximum absolute atomic E-state index is 7.00. The molecule has 0 heterocycles. The lowest BCUT2D eigenvalue weighted by atomic mass is 10.4. The summed E-state index contributed by atoms with van der Waals surface area (Å²) in [5.41, 5.74) is 0. The van der Waals surface area contributed by atoms with Crippen LogP contribution < -0.4 is 0 Å². The molecule has 0 spiro atoms. The first-order chi connectivity index (χ1) is 10.0. The molecule has 20 heavy (non-hydrogen) atoms. The van der Waals surface area contributed by atoms with E-state index >= 15 is 0 Å². The van der Waals surface area contributed by atoms with Crippen LogP contribution in [0.1, 0.15) is 41.5 Å². The fourth-order valence-corrected chi connectivity index (χ4v) is 0.770. The van der Waals surface area contributed by atoms with Gasteiger partial charge in [0.15, 0.2) is 0 Å². The molecule has 1 nitrogen and oxygen atoms in total. The van der Waals surface area contributed by atoms with E-state index in [4.69, 9.17) is 5.11 Å². The van der Waals surface area contributed by atoms with E-state index in [1.165, 1.54) is 0 Å². The zero-order chi connectivity index (χ0) is 16.5. The highest BCUT2D eigenvalue weighted by Crippen LogP contribution is 1.80. The first-order valence-electron chi connectivity index (χ1n) is 7.45. The van der Waals surface area contributed by atoms with Crippen molar-refractivity contribution in [3.63, 3.8) is 0 Å². The third-order valence-electron chi connectivity index (χ3n) is 1.33. The topological polar surface area (TPSA) is 20.2 Å². The average Bonchev–Trinajstić information content (AvgIpc) is 2.65. The first kappa shape index (κ1) is 26.9. The summed E-state index contributed by atoms with van der Waals surface area (Å²) in [6.45, 7) is 12.0. The van der Waals surface area contributed by atoms with Gasteiger partial charge in [0.2, 0.25) is 0 Å². The summed E-state index contributed by atoms with van der Waals surface area (Å²) in [6, 6.07) is 24.0. The largest absolute Gasteiger partial charge is 0.400 e. The number of hydrogen-bond donors (Lipinski definition) is 1. The summed E-state index contributed by atoms with van der Waals surface area (Å²) >= 11 is 0. The van der Waals surface area contributed by atoms with Crippen molar-refractivity contribution >= 4 is 0 Å². The van der Waals surface area contributed by atoms with Crippen LogP contribution in [0.25, 0.3) is 0 Å². The van der Waals surface area contributed by atoms with Crippen LogP contribution in [0.2, 0.25) is 0 Å².